The van der Waals surface area contributed by atoms with Crippen LogP contribution in [0, 0.1) is 0 Å². The summed E-state index contributed by atoms with van der Waals surface area (Å²) in [5.41, 5.74) is 3.87. The maximum absolute atomic E-state index is 13.6. The van der Waals surface area contributed by atoms with Gasteiger partial charge in [-0.15, -0.1) is 0 Å². The van der Waals surface area contributed by atoms with Crippen molar-refractivity contribution in [1.82, 2.24) is 21.3 Å². The Morgan fingerprint density at radius 1 is 0.727 bits per heavy atom. The molecule has 1 saturated heterocycles. The number of ether oxygens (including phenoxy) is 6. The van der Waals surface area contributed by atoms with Crippen molar-refractivity contribution < 1.29 is 66.8 Å². The Morgan fingerprint density at radius 2 is 1.33 bits per heavy atom. The fraction of sp³-hybridized carbons (Fsp3) is 0.459. The minimum absolute atomic E-state index is 0.0422. The highest BCUT2D eigenvalue weighted by atomic mass is 16.6. The highest BCUT2D eigenvalue weighted by molar-refractivity contribution is 5.92. The van der Waals surface area contributed by atoms with Crippen LogP contribution in [0.5, 0.6) is 0 Å². The van der Waals surface area contributed by atoms with Gasteiger partial charge in [0.05, 0.1) is 13.0 Å². The average molecular weight is 769 g/mol. The van der Waals surface area contributed by atoms with Crippen LogP contribution in [0.2, 0.25) is 0 Å². The predicted molar refractivity (Wildman–Crippen MR) is 188 cm³/mol. The van der Waals surface area contributed by atoms with E-state index in [0.29, 0.717) is 0 Å². The van der Waals surface area contributed by atoms with E-state index in [-0.39, 0.29) is 19.1 Å². The molecule has 296 valence electrons. The topological polar surface area (TPSA) is 240 Å². The van der Waals surface area contributed by atoms with Gasteiger partial charge in [-0.05, 0) is 29.2 Å². The third kappa shape index (κ3) is 11.5. The fourth-order valence-electron chi connectivity index (χ4n) is 6.34. The molecule has 0 aromatic heterocycles. The van der Waals surface area contributed by atoms with E-state index in [9.17, 15) is 38.4 Å². The Hall–Kier alpha value is -6.04. The second kappa shape index (κ2) is 19.3. The van der Waals surface area contributed by atoms with Crippen LogP contribution in [0.3, 0.4) is 0 Å². The summed E-state index contributed by atoms with van der Waals surface area (Å²) in [4.78, 5) is 100. The highest BCUT2D eigenvalue weighted by Crippen LogP contribution is 2.44. The molecule has 6 atom stereocenters. The van der Waals surface area contributed by atoms with Crippen LogP contribution >= 0.6 is 0 Å². The number of alkyl carbamates (subject to hydrolysis) is 1. The Bertz CT molecular complexity index is 1740. The first-order valence-electron chi connectivity index (χ1n) is 17.4. The Balaban J connectivity index is 1.54. The number of carbonyl (C=O) groups excluding carboxylic acids is 8. The first-order chi connectivity index (χ1) is 26.2. The van der Waals surface area contributed by atoms with E-state index in [1.54, 1.807) is 6.92 Å². The van der Waals surface area contributed by atoms with Crippen LogP contribution < -0.4 is 21.3 Å². The van der Waals surface area contributed by atoms with Crippen molar-refractivity contribution in [2.45, 2.75) is 83.6 Å². The molecule has 1 fully saturated rings. The zero-order valence-electron chi connectivity index (χ0n) is 30.9. The molecule has 0 spiro atoms. The molecule has 18 nitrogen and oxygen atoms in total. The smallest absolute Gasteiger partial charge is 0.407 e. The predicted octanol–water partition coefficient (Wildman–Crippen LogP) is 0.735. The van der Waals surface area contributed by atoms with Gasteiger partial charge in [-0.1, -0.05) is 48.5 Å². The SMILES string of the molecule is CCOC(=O)CNC(=O)[C@H](CC(=O)N[C@@H]1O[C@H](COC(C)=O)[C@@H](OC(C)=O)[C@H](OC(C)=O)[C@H]1NC(C)=O)NC(=O)OCC1c2ccccc2-c2ccccc21. The van der Waals surface area contributed by atoms with Gasteiger partial charge in [0.2, 0.25) is 17.7 Å². The number of hydrogen-bond donors (Lipinski definition) is 4. The van der Waals surface area contributed by atoms with Gasteiger partial charge in [-0.2, -0.15) is 0 Å². The molecular weight excluding hydrogens is 724 g/mol. The lowest BCUT2D eigenvalue weighted by molar-refractivity contribution is -0.228. The zero-order chi connectivity index (χ0) is 40.2. The van der Waals surface area contributed by atoms with Gasteiger partial charge in [0.1, 0.15) is 37.9 Å². The van der Waals surface area contributed by atoms with Gasteiger partial charge < -0.3 is 49.7 Å². The molecule has 55 heavy (non-hydrogen) atoms. The summed E-state index contributed by atoms with van der Waals surface area (Å²) in [6, 6.07) is 12.3. The van der Waals surface area contributed by atoms with E-state index in [1.165, 1.54) is 0 Å². The number of carbonyl (C=O) groups is 8. The van der Waals surface area contributed by atoms with Crippen LogP contribution in [0.4, 0.5) is 4.79 Å². The number of hydrogen-bond acceptors (Lipinski definition) is 14. The Labute approximate surface area is 316 Å². The minimum atomic E-state index is -1.62. The van der Waals surface area contributed by atoms with Crippen molar-refractivity contribution in [3.05, 3.63) is 59.7 Å². The normalized spacial score (nSPS) is 20.3. The van der Waals surface area contributed by atoms with Crippen molar-refractivity contribution >= 4 is 47.7 Å². The second-order valence-corrected chi connectivity index (χ2v) is 12.6. The molecule has 0 radical (unpaired) electrons. The van der Waals surface area contributed by atoms with E-state index in [4.69, 9.17) is 28.4 Å². The Kier molecular flexibility index (Phi) is 14.7. The van der Waals surface area contributed by atoms with Crippen LogP contribution in [-0.4, -0.2) is 111 Å². The number of esters is 4. The first kappa shape index (κ1) is 41.7. The largest absolute Gasteiger partial charge is 0.465 e. The molecule has 2 aromatic carbocycles. The molecule has 1 aliphatic carbocycles. The molecule has 0 bridgehead atoms. The van der Waals surface area contributed by atoms with Gasteiger partial charge in [-0.3, -0.25) is 33.6 Å². The number of nitrogens with one attached hydrogen (secondary N) is 4. The quantitative estimate of drug-likeness (QED) is 0.144. The van der Waals surface area contributed by atoms with Crippen LogP contribution in [0.25, 0.3) is 11.1 Å². The summed E-state index contributed by atoms with van der Waals surface area (Å²) < 4.78 is 32.3. The third-order valence-electron chi connectivity index (χ3n) is 8.47. The standard InChI is InChI=1S/C37H44N4O14/c1-6-50-31(47)16-38-35(48)28(40-37(49)52-17-27-25-13-9-7-11-23(25)24-12-8-10-14-26(24)27)15-30(46)41-36-32(39-19(2)42)34(54-22(5)45)33(53-21(4)44)29(55-36)18-51-20(3)43/h7-14,27-29,32-34,36H,6,15-18H2,1-5H3,(H,38,48)(H,39,42)(H,40,49)(H,41,46)/t28-,29+,32+,33+,34+,36+/m0/s1. The monoisotopic (exact) mass is 768 g/mol. The van der Waals surface area contributed by atoms with Crippen molar-refractivity contribution in [3.8, 4) is 11.1 Å². The summed E-state index contributed by atoms with van der Waals surface area (Å²) in [6.07, 6.45) is -7.54. The number of rotatable bonds is 15. The third-order valence-corrected chi connectivity index (χ3v) is 8.47. The van der Waals surface area contributed by atoms with Gasteiger partial charge >= 0.3 is 30.0 Å². The summed E-state index contributed by atoms with van der Waals surface area (Å²) in [7, 11) is 0. The second-order valence-electron chi connectivity index (χ2n) is 12.6. The van der Waals surface area contributed by atoms with Gasteiger partial charge in [-0.25, -0.2) is 4.79 Å². The summed E-state index contributed by atoms with van der Waals surface area (Å²) >= 11 is 0. The van der Waals surface area contributed by atoms with Crippen molar-refractivity contribution in [2.75, 3.05) is 26.4 Å². The Morgan fingerprint density at radius 3 is 1.89 bits per heavy atom. The highest BCUT2D eigenvalue weighted by Gasteiger charge is 2.51. The lowest BCUT2D eigenvalue weighted by Crippen LogP contribution is -2.69. The van der Waals surface area contributed by atoms with Crippen LogP contribution in [0.1, 0.15) is 58.1 Å². The molecule has 1 heterocycles. The van der Waals surface area contributed by atoms with E-state index < -0.39 is 104 Å². The maximum atomic E-state index is 13.6. The summed E-state index contributed by atoms with van der Waals surface area (Å²) in [5, 5.41) is 9.72. The van der Waals surface area contributed by atoms with E-state index >= 15 is 0 Å². The molecule has 1 aliphatic heterocycles. The molecular formula is C37H44N4O14. The molecule has 4 rings (SSSR count). The minimum Gasteiger partial charge on any atom is -0.465 e. The van der Waals surface area contributed by atoms with Crippen LogP contribution in [-0.2, 0) is 62.0 Å². The first-order valence-corrected chi connectivity index (χ1v) is 17.4. The number of amides is 4. The van der Waals surface area contributed by atoms with Crippen LogP contribution in [0.15, 0.2) is 48.5 Å². The number of fused-ring (bicyclic) bond motifs is 3. The van der Waals surface area contributed by atoms with Crippen molar-refractivity contribution in [3.63, 3.8) is 0 Å². The number of benzene rings is 2. The summed E-state index contributed by atoms with van der Waals surface area (Å²) in [5.74, 6) is -6.01. The molecule has 4 N–H and O–H groups in total. The maximum Gasteiger partial charge on any atom is 0.407 e. The lowest BCUT2D eigenvalue weighted by atomic mass is 9.94. The zero-order valence-corrected chi connectivity index (χ0v) is 30.9. The van der Waals surface area contributed by atoms with Crippen molar-refractivity contribution in [2.24, 2.45) is 0 Å². The van der Waals surface area contributed by atoms with Crippen molar-refractivity contribution in [1.29, 1.82) is 0 Å². The summed E-state index contributed by atoms with van der Waals surface area (Å²) in [6.45, 7) is 4.80. The molecule has 2 aliphatic rings. The molecule has 4 amide bonds. The molecule has 18 heteroatoms. The molecule has 2 aromatic rings. The van der Waals surface area contributed by atoms with E-state index in [0.717, 1.165) is 49.9 Å². The van der Waals surface area contributed by atoms with E-state index in [2.05, 4.69) is 21.3 Å². The molecule has 0 saturated carbocycles. The molecule has 0 unspecified atom stereocenters. The fourth-order valence-corrected chi connectivity index (χ4v) is 6.34. The van der Waals surface area contributed by atoms with Gasteiger partial charge in [0.25, 0.3) is 0 Å². The lowest BCUT2D eigenvalue weighted by Gasteiger charge is -2.45. The average Bonchev–Trinajstić information content (AvgIpc) is 3.44. The van der Waals surface area contributed by atoms with Gasteiger partial charge in [0, 0.05) is 33.6 Å². The van der Waals surface area contributed by atoms with Gasteiger partial charge in [0.15, 0.2) is 18.4 Å². The van der Waals surface area contributed by atoms with E-state index in [1.807, 2.05) is 48.5 Å².